The SMILES string of the molecule is COC(=O)c1ccc(Br)c2cc(Br)cnc12. The van der Waals surface area contributed by atoms with Gasteiger partial charge < -0.3 is 4.74 Å². The third kappa shape index (κ3) is 1.97. The van der Waals surface area contributed by atoms with Crippen molar-refractivity contribution in [3.63, 3.8) is 0 Å². The van der Waals surface area contributed by atoms with E-state index in [0.717, 1.165) is 14.3 Å². The number of carbonyl (C=O) groups excluding carboxylic acids is 1. The molecular formula is C11H7Br2NO2. The molecule has 0 aliphatic carbocycles. The molecular weight excluding hydrogens is 338 g/mol. The van der Waals surface area contributed by atoms with Crippen molar-refractivity contribution in [2.45, 2.75) is 0 Å². The van der Waals surface area contributed by atoms with E-state index in [4.69, 9.17) is 4.74 Å². The number of esters is 1. The second-order valence-corrected chi connectivity index (χ2v) is 4.91. The van der Waals surface area contributed by atoms with Gasteiger partial charge in [-0.1, -0.05) is 15.9 Å². The molecule has 1 aromatic heterocycles. The van der Waals surface area contributed by atoms with E-state index in [-0.39, 0.29) is 5.97 Å². The molecule has 0 aliphatic heterocycles. The highest BCUT2D eigenvalue weighted by Gasteiger charge is 2.13. The van der Waals surface area contributed by atoms with Gasteiger partial charge in [-0.3, -0.25) is 4.98 Å². The number of benzene rings is 1. The van der Waals surface area contributed by atoms with E-state index < -0.39 is 0 Å². The Hall–Kier alpha value is -0.940. The summed E-state index contributed by atoms with van der Waals surface area (Å²) in [6, 6.07) is 5.40. The Balaban J connectivity index is 2.79. The van der Waals surface area contributed by atoms with Crippen LogP contribution in [0.5, 0.6) is 0 Å². The van der Waals surface area contributed by atoms with Gasteiger partial charge in [-0.05, 0) is 34.1 Å². The highest BCUT2D eigenvalue weighted by molar-refractivity contribution is 9.11. The number of fused-ring (bicyclic) bond motifs is 1. The van der Waals surface area contributed by atoms with Crippen LogP contribution < -0.4 is 0 Å². The second-order valence-electron chi connectivity index (χ2n) is 3.14. The molecule has 16 heavy (non-hydrogen) atoms. The predicted molar refractivity (Wildman–Crippen MR) is 68.5 cm³/mol. The fraction of sp³-hybridized carbons (Fsp3) is 0.0909. The normalized spacial score (nSPS) is 10.4. The lowest BCUT2D eigenvalue weighted by molar-refractivity contribution is 0.0603. The lowest BCUT2D eigenvalue weighted by Gasteiger charge is -2.05. The smallest absolute Gasteiger partial charge is 0.340 e. The van der Waals surface area contributed by atoms with Crippen LogP contribution in [0.2, 0.25) is 0 Å². The summed E-state index contributed by atoms with van der Waals surface area (Å²) in [5, 5.41) is 0.872. The van der Waals surface area contributed by atoms with Crippen LogP contribution in [-0.2, 0) is 4.74 Å². The van der Waals surface area contributed by atoms with Gasteiger partial charge in [-0.15, -0.1) is 0 Å². The number of hydrogen-bond donors (Lipinski definition) is 0. The van der Waals surface area contributed by atoms with E-state index in [0.29, 0.717) is 11.1 Å². The van der Waals surface area contributed by atoms with Crippen LogP contribution in [0, 0.1) is 0 Å². The number of halogens is 2. The number of pyridine rings is 1. The van der Waals surface area contributed by atoms with E-state index in [2.05, 4.69) is 36.8 Å². The molecule has 1 heterocycles. The van der Waals surface area contributed by atoms with E-state index in [9.17, 15) is 4.79 Å². The minimum absolute atomic E-state index is 0.382. The molecule has 3 nitrogen and oxygen atoms in total. The van der Waals surface area contributed by atoms with E-state index in [1.165, 1.54) is 7.11 Å². The maximum absolute atomic E-state index is 11.5. The average molecular weight is 345 g/mol. The third-order valence-corrected chi connectivity index (χ3v) is 3.29. The summed E-state index contributed by atoms with van der Waals surface area (Å²) < 4.78 is 6.46. The largest absolute Gasteiger partial charge is 0.465 e. The second kappa shape index (κ2) is 4.51. The number of aromatic nitrogens is 1. The van der Waals surface area contributed by atoms with Crippen LogP contribution in [0.4, 0.5) is 0 Å². The number of methoxy groups -OCH3 is 1. The highest BCUT2D eigenvalue weighted by Crippen LogP contribution is 2.28. The Morgan fingerprint density at radius 2 is 2.12 bits per heavy atom. The molecule has 0 radical (unpaired) electrons. The Morgan fingerprint density at radius 1 is 1.38 bits per heavy atom. The van der Waals surface area contributed by atoms with Gasteiger partial charge in [-0.25, -0.2) is 4.79 Å². The highest BCUT2D eigenvalue weighted by atomic mass is 79.9. The van der Waals surface area contributed by atoms with Crippen molar-refractivity contribution in [1.29, 1.82) is 0 Å². The lowest BCUT2D eigenvalue weighted by Crippen LogP contribution is -2.03. The standard InChI is InChI=1S/C11H7Br2NO2/c1-16-11(15)7-2-3-9(13)8-4-6(12)5-14-10(7)8/h2-5H,1H3. The van der Waals surface area contributed by atoms with Crippen LogP contribution >= 0.6 is 31.9 Å². The minimum Gasteiger partial charge on any atom is -0.465 e. The molecule has 0 saturated carbocycles. The Kier molecular flexibility index (Phi) is 3.25. The maximum Gasteiger partial charge on any atom is 0.340 e. The van der Waals surface area contributed by atoms with Gasteiger partial charge in [0, 0.05) is 20.5 Å². The van der Waals surface area contributed by atoms with Crippen molar-refractivity contribution in [2.24, 2.45) is 0 Å². The summed E-state index contributed by atoms with van der Waals surface area (Å²) in [5.41, 5.74) is 1.10. The summed E-state index contributed by atoms with van der Waals surface area (Å²) >= 11 is 6.77. The third-order valence-electron chi connectivity index (χ3n) is 2.17. The van der Waals surface area contributed by atoms with Gasteiger partial charge in [0.15, 0.2) is 0 Å². The number of nitrogens with zero attached hydrogens (tertiary/aromatic N) is 1. The van der Waals surface area contributed by atoms with Crippen molar-refractivity contribution < 1.29 is 9.53 Å². The first kappa shape index (κ1) is 11.5. The molecule has 0 aliphatic rings. The fourth-order valence-electron chi connectivity index (χ4n) is 1.44. The Morgan fingerprint density at radius 3 is 2.81 bits per heavy atom. The molecule has 1 aromatic carbocycles. The molecule has 0 unspecified atom stereocenters. The van der Waals surface area contributed by atoms with Crippen molar-refractivity contribution in [2.75, 3.05) is 7.11 Å². The molecule has 2 rings (SSSR count). The molecule has 0 atom stereocenters. The monoisotopic (exact) mass is 343 g/mol. The summed E-state index contributed by atoms with van der Waals surface area (Å²) in [6.45, 7) is 0. The quantitative estimate of drug-likeness (QED) is 0.743. The number of ether oxygens (including phenoxy) is 1. The molecule has 0 amide bonds. The van der Waals surface area contributed by atoms with Gasteiger partial charge in [0.05, 0.1) is 18.2 Å². The summed E-state index contributed by atoms with van der Waals surface area (Å²) in [6.07, 6.45) is 1.65. The molecule has 0 bridgehead atoms. The van der Waals surface area contributed by atoms with Gasteiger partial charge in [-0.2, -0.15) is 0 Å². The van der Waals surface area contributed by atoms with Gasteiger partial charge in [0.25, 0.3) is 0 Å². The minimum atomic E-state index is -0.382. The molecule has 2 aromatic rings. The van der Waals surface area contributed by atoms with Crippen LogP contribution in [0.1, 0.15) is 10.4 Å². The summed E-state index contributed by atoms with van der Waals surface area (Å²) in [7, 11) is 1.36. The molecule has 0 N–H and O–H groups in total. The van der Waals surface area contributed by atoms with E-state index >= 15 is 0 Å². The number of rotatable bonds is 1. The summed E-state index contributed by atoms with van der Waals surface area (Å²) in [5.74, 6) is -0.382. The number of hydrogen-bond acceptors (Lipinski definition) is 3. The average Bonchev–Trinajstić information content (AvgIpc) is 2.29. The molecule has 0 spiro atoms. The molecule has 0 saturated heterocycles. The van der Waals surface area contributed by atoms with Crippen LogP contribution in [-0.4, -0.2) is 18.1 Å². The maximum atomic E-state index is 11.5. The van der Waals surface area contributed by atoms with Crippen molar-refractivity contribution in [3.8, 4) is 0 Å². The van der Waals surface area contributed by atoms with Crippen molar-refractivity contribution >= 4 is 48.7 Å². The fourth-order valence-corrected chi connectivity index (χ4v) is 2.20. The Labute approximate surface area is 109 Å². The van der Waals surface area contributed by atoms with Gasteiger partial charge in [0.2, 0.25) is 0 Å². The first-order valence-corrected chi connectivity index (χ1v) is 6.04. The Bertz CT molecular complexity index is 569. The number of carbonyl (C=O) groups is 1. The summed E-state index contributed by atoms with van der Waals surface area (Å²) in [4.78, 5) is 15.8. The topological polar surface area (TPSA) is 39.2 Å². The first-order chi connectivity index (χ1) is 7.63. The van der Waals surface area contributed by atoms with E-state index in [1.54, 1.807) is 12.3 Å². The zero-order chi connectivity index (χ0) is 11.7. The van der Waals surface area contributed by atoms with Crippen LogP contribution in [0.25, 0.3) is 10.9 Å². The molecule has 5 heteroatoms. The predicted octanol–water partition coefficient (Wildman–Crippen LogP) is 3.55. The zero-order valence-corrected chi connectivity index (χ0v) is 11.5. The zero-order valence-electron chi connectivity index (χ0n) is 8.33. The van der Waals surface area contributed by atoms with Gasteiger partial charge in [0.1, 0.15) is 0 Å². The van der Waals surface area contributed by atoms with Crippen molar-refractivity contribution in [3.05, 3.63) is 38.9 Å². The van der Waals surface area contributed by atoms with Crippen LogP contribution in [0.15, 0.2) is 33.3 Å². The van der Waals surface area contributed by atoms with Crippen molar-refractivity contribution in [1.82, 2.24) is 4.98 Å². The first-order valence-electron chi connectivity index (χ1n) is 4.45. The molecule has 0 fully saturated rings. The molecule has 82 valence electrons. The van der Waals surface area contributed by atoms with Crippen LogP contribution in [0.3, 0.4) is 0 Å². The van der Waals surface area contributed by atoms with Gasteiger partial charge >= 0.3 is 5.97 Å². The van der Waals surface area contributed by atoms with E-state index in [1.807, 2.05) is 12.1 Å². The lowest BCUT2D eigenvalue weighted by atomic mass is 10.1.